The molecule has 104 valence electrons. The molecule has 0 aliphatic heterocycles. The van der Waals surface area contributed by atoms with E-state index in [9.17, 15) is 13.2 Å². The van der Waals surface area contributed by atoms with Crippen LogP contribution < -0.4 is 0 Å². The number of aryl methyl sites for hydroxylation is 2. The summed E-state index contributed by atoms with van der Waals surface area (Å²) in [7, 11) is -4.23. The van der Waals surface area contributed by atoms with Crippen LogP contribution in [0.5, 0.6) is 0 Å². The Kier molecular flexibility index (Phi) is 5.26. The number of carbonyl (C=O) groups is 1. The Morgan fingerprint density at radius 3 is 2.74 bits per heavy atom. The minimum Gasteiger partial charge on any atom is -0.463 e. The van der Waals surface area contributed by atoms with Gasteiger partial charge in [-0.25, -0.2) is 4.79 Å². The lowest BCUT2D eigenvalue weighted by Gasteiger charge is -2.08. The molecule has 5 nitrogen and oxygen atoms in total. The van der Waals surface area contributed by atoms with Gasteiger partial charge in [0.2, 0.25) is 0 Å². The van der Waals surface area contributed by atoms with Crippen molar-refractivity contribution in [3.05, 3.63) is 42.0 Å². The molecule has 1 aromatic rings. The Balaban J connectivity index is 2.75. The Morgan fingerprint density at radius 2 is 2.16 bits per heavy atom. The van der Waals surface area contributed by atoms with E-state index in [4.69, 9.17) is 9.29 Å². The highest BCUT2D eigenvalue weighted by Crippen LogP contribution is 2.18. The summed E-state index contributed by atoms with van der Waals surface area (Å²) in [6, 6.07) is 4.68. The van der Waals surface area contributed by atoms with Gasteiger partial charge in [0.15, 0.2) is 0 Å². The Labute approximate surface area is 112 Å². The van der Waals surface area contributed by atoms with Gasteiger partial charge >= 0.3 is 5.97 Å². The van der Waals surface area contributed by atoms with Crippen molar-refractivity contribution < 1.29 is 22.5 Å². The molecule has 0 fully saturated rings. The Hall–Kier alpha value is -1.66. The first-order chi connectivity index (χ1) is 8.84. The molecule has 0 aliphatic rings. The normalized spacial score (nSPS) is 11.1. The highest BCUT2D eigenvalue weighted by atomic mass is 32.2. The van der Waals surface area contributed by atoms with Crippen molar-refractivity contribution in [3.63, 3.8) is 0 Å². The van der Waals surface area contributed by atoms with Crippen LogP contribution in [0.3, 0.4) is 0 Å². The van der Waals surface area contributed by atoms with Crippen LogP contribution in [-0.4, -0.2) is 25.5 Å². The van der Waals surface area contributed by atoms with Crippen LogP contribution in [0.1, 0.15) is 17.5 Å². The second kappa shape index (κ2) is 6.49. The van der Waals surface area contributed by atoms with E-state index in [1.165, 1.54) is 6.07 Å². The van der Waals surface area contributed by atoms with E-state index < -0.39 is 16.1 Å². The van der Waals surface area contributed by atoms with E-state index in [1.54, 1.807) is 12.1 Å². The van der Waals surface area contributed by atoms with Crippen molar-refractivity contribution in [2.24, 2.45) is 0 Å². The van der Waals surface area contributed by atoms with Gasteiger partial charge in [-0.3, -0.25) is 4.55 Å². The molecular formula is C13H16O5S. The lowest BCUT2D eigenvalue weighted by Crippen LogP contribution is -2.06. The summed E-state index contributed by atoms with van der Waals surface area (Å²) in [4.78, 5) is 10.7. The van der Waals surface area contributed by atoms with Crippen molar-refractivity contribution in [2.45, 2.75) is 24.7 Å². The van der Waals surface area contributed by atoms with E-state index in [1.807, 2.05) is 6.92 Å². The zero-order chi connectivity index (χ0) is 14.5. The number of esters is 1. The predicted molar refractivity (Wildman–Crippen MR) is 70.5 cm³/mol. The van der Waals surface area contributed by atoms with Crippen molar-refractivity contribution in [1.29, 1.82) is 0 Å². The van der Waals surface area contributed by atoms with Gasteiger partial charge in [0.05, 0.1) is 11.5 Å². The SMILES string of the molecule is C=CC(=O)OCCCc1cc(C)ccc1S(=O)(=O)O. The number of hydrogen-bond acceptors (Lipinski definition) is 4. The van der Waals surface area contributed by atoms with Gasteiger partial charge in [-0.05, 0) is 31.4 Å². The van der Waals surface area contributed by atoms with Gasteiger partial charge in [-0.2, -0.15) is 8.42 Å². The fourth-order valence-electron chi connectivity index (χ4n) is 1.65. The van der Waals surface area contributed by atoms with Gasteiger partial charge in [-0.1, -0.05) is 24.3 Å². The van der Waals surface area contributed by atoms with Gasteiger partial charge in [0.1, 0.15) is 0 Å². The molecule has 0 heterocycles. The predicted octanol–water partition coefficient (Wildman–Crippen LogP) is 1.90. The Bertz CT molecular complexity index is 575. The smallest absolute Gasteiger partial charge is 0.330 e. The van der Waals surface area contributed by atoms with E-state index in [-0.39, 0.29) is 11.5 Å². The molecule has 0 aromatic heterocycles. The van der Waals surface area contributed by atoms with Crippen molar-refractivity contribution in [2.75, 3.05) is 6.61 Å². The summed E-state index contributed by atoms with van der Waals surface area (Å²) in [5.74, 6) is -0.515. The molecule has 0 bridgehead atoms. The standard InChI is InChI=1S/C13H16O5S/c1-3-13(14)18-8-4-5-11-9-10(2)6-7-12(11)19(15,16)17/h3,6-7,9H,1,4-5,8H2,2H3,(H,15,16,17). The topological polar surface area (TPSA) is 80.7 Å². The summed E-state index contributed by atoms with van der Waals surface area (Å²) in [5.41, 5.74) is 1.41. The maximum Gasteiger partial charge on any atom is 0.330 e. The molecule has 19 heavy (non-hydrogen) atoms. The summed E-state index contributed by atoms with van der Waals surface area (Å²) in [5, 5.41) is 0. The van der Waals surface area contributed by atoms with Crippen LogP contribution in [-0.2, 0) is 26.1 Å². The third kappa shape index (κ3) is 4.84. The number of benzene rings is 1. The molecule has 0 aliphatic carbocycles. The van der Waals surface area contributed by atoms with E-state index >= 15 is 0 Å². The van der Waals surface area contributed by atoms with Crippen LogP contribution in [0.25, 0.3) is 0 Å². The van der Waals surface area contributed by atoms with Crippen molar-refractivity contribution in [3.8, 4) is 0 Å². The second-order valence-electron chi connectivity index (χ2n) is 4.06. The third-order valence-electron chi connectivity index (χ3n) is 2.50. The third-order valence-corrected chi connectivity index (χ3v) is 3.45. The molecule has 0 saturated heterocycles. The van der Waals surface area contributed by atoms with Crippen LogP contribution in [0.4, 0.5) is 0 Å². The van der Waals surface area contributed by atoms with Crippen LogP contribution in [0.2, 0.25) is 0 Å². The van der Waals surface area contributed by atoms with Gasteiger partial charge in [0.25, 0.3) is 10.1 Å². The molecule has 0 radical (unpaired) electrons. The molecule has 1 aromatic carbocycles. The number of carbonyl (C=O) groups excluding carboxylic acids is 1. The monoisotopic (exact) mass is 284 g/mol. The molecule has 6 heteroatoms. The minimum atomic E-state index is -4.23. The first kappa shape index (κ1) is 15.4. The second-order valence-corrected chi connectivity index (χ2v) is 5.45. The van der Waals surface area contributed by atoms with Gasteiger partial charge < -0.3 is 4.74 Å². The van der Waals surface area contributed by atoms with Crippen molar-refractivity contribution >= 4 is 16.1 Å². The maximum atomic E-state index is 11.2. The average molecular weight is 284 g/mol. The quantitative estimate of drug-likeness (QED) is 0.373. The molecular weight excluding hydrogens is 268 g/mol. The van der Waals surface area contributed by atoms with Crippen LogP contribution in [0, 0.1) is 6.92 Å². The van der Waals surface area contributed by atoms with E-state index in [2.05, 4.69) is 6.58 Å². The fraction of sp³-hybridized carbons (Fsp3) is 0.308. The largest absolute Gasteiger partial charge is 0.463 e. The summed E-state index contributed by atoms with van der Waals surface area (Å²) >= 11 is 0. The molecule has 0 spiro atoms. The van der Waals surface area contributed by atoms with Gasteiger partial charge in [-0.15, -0.1) is 0 Å². The van der Waals surface area contributed by atoms with Crippen molar-refractivity contribution in [1.82, 2.24) is 0 Å². The summed E-state index contributed by atoms with van der Waals surface area (Å²) in [6.07, 6.45) is 1.92. The zero-order valence-electron chi connectivity index (χ0n) is 10.6. The summed E-state index contributed by atoms with van der Waals surface area (Å²) in [6.45, 7) is 5.27. The average Bonchev–Trinajstić information content (AvgIpc) is 2.32. The Morgan fingerprint density at radius 1 is 1.47 bits per heavy atom. The maximum absolute atomic E-state index is 11.2. The van der Waals surface area contributed by atoms with Gasteiger partial charge in [0, 0.05) is 6.08 Å². The lowest BCUT2D eigenvalue weighted by molar-refractivity contribution is -0.137. The minimum absolute atomic E-state index is 0.104. The fourth-order valence-corrected chi connectivity index (χ4v) is 2.38. The highest BCUT2D eigenvalue weighted by molar-refractivity contribution is 7.85. The number of ether oxygens (including phenoxy) is 1. The zero-order valence-corrected chi connectivity index (χ0v) is 11.4. The highest BCUT2D eigenvalue weighted by Gasteiger charge is 2.15. The number of hydrogen-bond donors (Lipinski definition) is 1. The van der Waals surface area contributed by atoms with E-state index in [0.717, 1.165) is 11.6 Å². The van der Waals surface area contributed by atoms with Crippen LogP contribution >= 0.6 is 0 Å². The molecule has 1 rings (SSSR count). The molecule has 0 atom stereocenters. The summed E-state index contributed by atoms with van der Waals surface area (Å²) < 4.78 is 36.3. The first-order valence-electron chi connectivity index (χ1n) is 5.71. The van der Waals surface area contributed by atoms with E-state index in [0.29, 0.717) is 18.4 Å². The van der Waals surface area contributed by atoms with Crippen LogP contribution in [0.15, 0.2) is 35.7 Å². The first-order valence-corrected chi connectivity index (χ1v) is 7.15. The molecule has 1 N–H and O–H groups in total. The molecule has 0 saturated carbocycles. The number of rotatable bonds is 6. The molecule has 0 amide bonds. The molecule has 0 unspecified atom stereocenters. The lowest BCUT2D eigenvalue weighted by atomic mass is 10.1.